The minimum atomic E-state index is -3.20. The number of carboxylic acids is 1. The number of carboxylic acid groups (broad SMARTS) is 1. The Morgan fingerprint density at radius 3 is 2.90 bits per heavy atom. The summed E-state index contributed by atoms with van der Waals surface area (Å²) in [7, 11) is -1.53. The molecule has 1 aromatic rings. The van der Waals surface area contributed by atoms with E-state index in [4.69, 9.17) is 5.11 Å². The lowest BCUT2D eigenvalue weighted by Crippen LogP contribution is -2.46. The van der Waals surface area contributed by atoms with Gasteiger partial charge >= 0.3 is 5.97 Å². The fraction of sp³-hybridized carbons (Fsp3) is 0.636. The third kappa shape index (κ3) is 3.15. The van der Waals surface area contributed by atoms with E-state index in [9.17, 15) is 13.2 Å². The minimum Gasteiger partial charge on any atom is -0.478 e. The van der Waals surface area contributed by atoms with E-state index in [1.165, 1.54) is 17.1 Å². The molecular weight excluding hydrogens is 302 g/mol. The first kappa shape index (κ1) is 15.3. The zero-order chi connectivity index (χ0) is 14.9. The Balaban J connectivity index is 2.28. The summed E-state index contributed by atoms with van der Waals surface area (Å²) in [5, 5.41) is 12.5. The molecule has 2 heterocycles. The lowest BCUT2D eigenvalue weighted by Gasteiger charge is -2.33. The van der Waals surface area contributed by atoms with Gasteiger partial charge in [0.1, 0.15) is 10.9 Å². The second-order valence-electron chi connectivity index (χ2n) is 4.76. The van der Waals surface area contributed by atoms with Crippen LogP contribution in [0, 0.1) is 0 Å². The quantitative estimate of drug-likeness (QED) is 0.837. The van der Waals surface area contributed by atoms with Crippen LogP contribution >= 0.6 is 11.8 Å². The Morgan fingerprint density at radius 2 is 2.30 bits per heavy atom. The van der Waals surface area contributed by atoms with Gasteiger partial charge < -0.3 is 5.11 Å². The molecule has 0 aromatic carbocycles. The standard InChI is InChI=1S/C11H17N3O4S2/c1-13-9(8(5-12-13)11(15)16)6-14-3-4-19-7-10(14)20(2,17)18/h5,10H,3-4,6-7H2,1-2H3,(H,15,16). The van der Waals surface area contributed by atoms with Crippen LogP contribution in [0.2, 0.25) is 0 Å². The SMILES string of the molecule is Cn1ncc(C(=O)O)c1CN1CCSCC1S(C)(=O)=O. The molecule has 0 radical (unpaired) electrons. The van der Waals surface area contributed by atoms with E-state index in [-0.39, 0.29) is 12.1 Å². The lowest BCUT2D eigenvalue weighted by molar-refractivity contribution is 0.0694. The van der Waals surface area contributed by atoms with E-state index in [1.807, 2.05) is 4.90 Å². The summed E-state index contributed by atoms with van der Waals surface area (Å²) in [5.74, 6) is 0.307. The number of aromatic carboxylic acids is 1. The monoisotopic (exact) mass is 319 g/mol. The van der Waals surface area contributed by atoms with Gasteiger partial charge in [-0.1, -0.05) is 0 Å². The number of hydrogen-bond acceptors (Lipinski definition) is 6. The lowest BCUT2D eigenvalue weighted by atomic mass is 10.2. The van der Waals surface area contributed by atoms with Crippen molar-refractivity contribution < 1.29 is 18.3 Å². The number of aromatic nitrogens is 2. The molecule has 1 N–H and O–H groups in total. The summed E-state index contributed by atoms with van der Waals surface area (Å²) in [5.41, 5.74) is 0.649. The maximum Gasteiger partial charge on any atom is 0.339 e. The molecule has 9 heteroatoms. The van der Waals surface area contributed by atoms with Crippen LogP contribution in [-0.2, 0) is 23.4 Å². The molecule has 0 amide bonds. The van der Waals surface area contributed by atoms with E-state index < -0.39 is 21.2 Å². The molecular formula is C11H17N3O4S2. The summed E-state index contributed by atoms with van der Waals surface area (Å²) in [6, 6.07) is 0. The predicted molar refractivity (Wildman–Crippen MR) is 76.5 cm³/mol. The van der Waals surface area contributed by atoms with Gasteiger partial charge in [-0.15, -0.1) is 0 Å². The van der Waals surface area contributed by atoms with Crippen LogP contribution in [0.15, 0.2) is 6.20 Å². The summed E-state index contributed by atoms with van der Waals surface area (Å²) < 4.78 is 25.2. The van der Waals surface area contributed by atoms with Crippen LogP contribution in [0.25, 0.3) is 0 Å². The number of thioether (sulfide) groups is 1. The van der Waals surface area contributed by atoms with Gasteiger partial charge in [-0.3, -0.25) is 9.58 Å². The van der Waals surface area contributed by atoms with Crippen molar-refractivity contribution in [2.24, 2.45) is 7.05 Å². The van der Waals surface area contributed by atoms with Gasteiger partial charge in [0.25, 0.3) is 0 Å². The summed E-state index contributed by atoms with van der Waals surface area (Å²) in [6.45, 7) is 0.892. The third-order valence-electron chi connectivity index (χ3n) is 3.33. The fourth-order valence-electron chi connectivity index (χ4n) is 2.21. The van der Waals surface area contributed by atoms with Crippen LogP contribution in [0.4, 0.5) is 0 Å². The largest absolute Gasteiger partial charge is 0.478 e. The molecule has 7 nitrogen and oxygen atoms in total. The maximum absolute atomic E-state index is 11.8. The molecule has 1 saturated heterocycles. The topological polar surface area (TPSA) is 92.5 Å². The highest BCUT2D eigenvalue weighted by Gasteiger charge is 2.32. The third-order valence-corrected chi connectivity index (χ3v) is 6.02. The number of sulfone groups is 1. The second-order valence-corrected chi connectivity index (χ2v) is 8.12. The number of rotatable bonds is 4. The maximum atomic E-state index is 11.8. The number of nitrogens with zero attached hydrogens (tertiary/aromatic N) is 3. The molecule has 1 atom stereocenters. The van der Waals surface area contributed by atoms with Crippen molar-refractivity contribution in [1.82, 2.24) is 14.7 Å². The van der Waals surface area contributed by atoms with Gasteiger partial charge in [-0.2, -0.15) is 16.9 Å². The Kier molecular flexibility index (Phi) is 4.40. The highest BCUT2D eigenvalue weighted by atomic mass is 32.2. The van der Waals surface area contributed by atoms with Crippen molar-refractivity contribution in [1.29, 1.82) is 0 Å². The van der Waals surface area contributed by atoms with Crippen LogP contribution in [0.3, 0.4) is 0 Å². The molecule has 1 fully saturated rings. The summed E-state index contributed by atoms with van der Waals surface area (Å²) in [4.78, 5) is 13.0. The van der Waals surface area contributed by atoms with E-state index in [2.05, 4.69) is 5.10 Å². The van der Waals surface area contributed by atoms with E-state index in [0.717, 1.165) is 5.75 Å². The van der Waals surface area contributed by atoms with Gasteiger partial charge in [0.15, 0.2) is 9.84 Å². The Morgan fingerprint density at radius 1 is 1.60 bits per heavy atom. The normalized spacial score (nSPS) is 21.0. The average Bonchev–Trinajstić information content (AvgIpc) is 2.71. The van der Waals surface area contributed by atoms with Crippen LogP contribution in [0.1, 0.15) is 16.1 Å². The van der Waals surface area contributed by atoms with Gasteiger partial charge in [-0.05, 0) is 0 Å². The van der Waals surface area contributed by atoms with Crippen LogP contribution < -0.4 is 0 Å². The van der Waals surface area contributed by atoms with Crippen molar-refractivity contribution in [2.45, 2.75) is 11.9 Å². The molecule has 0 spiro atoms. The molecule has 1 aliphatic heterocycles. The smallest absolute Gasteiger partial charge is 0.339 e. The van der Waals surface area contributed by atoms with E-state index in [0.29, 0.717) is 18.0 Å². The minimum absolute atomic E-state index is 0.123. The predicted octanol–water partition coefficient (Wildman–Crippen LogP) is 0.0378. The highest BCUT2D eigenvalue weighted by molar-refractivity contribution is 8.00. The van der Waals surface area contributed by atoms with Gasteiger partial charge in [0.2, 0.25) is 0 Å². The van der Waals surface area contributed by atoms with Crippen LogP contribution in [-0.4, -0.2) is 63.9 Å². The fourth-order valence-corrected chi connectivity index (χ4v) is 5.15. The summed E-state index contributed by atoms with van der Waals surface area (Å²) >= 11 is 1.60. The molecule has 1 unspecified atom stereocenters. The number of hydrogen-bond donors (Lipinski definition) is 1. The van der Waals surface area contributed by atoms with Gasteiger partial charge in [-0.25, -0.2) is 13.2 Å². The molecule has 0 bridgehead atoms. The molecule has 112 valence electrons. The molecule has 1 aromatic heterocycles. The van der Waals surface area contributed by atoms with Crippen molar-refractivity contribution in [3.05, 3.63) is 17.5 Å². The van der Waals surface area contributed by atoms with Gasteiger partial charge in [0, 0.05) is 37.9 Å². The van der Waals surface area contributed by atoms with Crippen molar-refractivity contribution in [3.63, 3.8) is 0 Å². The van der Waals surface area contributed by atoms with E-state index in [1.54, 1.807) is 18.8 Å². The molecule has 0 aliphatic carbocycles. The average molecular weight is 319 g/mol. The Bertz CT molecular complexity index is 611. The second kappa shape index (κ2) is 5.74. The molecule has 20 heavy (non-hydrogen) atoms. The van der Waals surface area contributed by atoms with Crippen molar-refractivity contribution in [3.8, 4) is 0 Å². The first-order chi connectivity index (χ1) is 9.30. The zero-order valence-electron chi connectivity index (χ0n) is 11.3. The van der Waals surface area contributed by atoms with E-state index >= 15 is 0 Å². The number of aryl methyl sites for hydroxylation is 1. The van der Waals surface area contributed by atoms with Gasteiger partial charge in [0.05, 0.1) is 11.9 Å². The van der Waals surface area contributed by atoms with Crippen LogP contribution in [0.5, 0.6) is 0 Å². The van der Waals surface area contributed by atoms with Crippen molar-refractivity contribution >= 4 is 27.6 Å². The zero-order valence-corrected chi connectivity index (χ0v) is 12.9. The first-order valence-electron chi connectivity index (χ1n) is 6.05. The molecule has 2 rings (SSSR count). The molecule has 1 aliphatic rings. The van der Waals surface area contributed by atoms with Crippen molar-refractivity contribution in [2.75, 3.05) is 24.3 Å². The first-order valence-corrected chi connectivity index (χ1v) is 9.16. The molecule has 0 saturated carbocycles. The highest BCUT2D eigenvalue weighted by Crippen LogP contribution is 2.23. The summed E-state index contributed by atoms with van der Waals surface area (Å²) in [6.07, 6.45) is 2.52. The Labute approximate surface area is 121 Å². The Hall–Kier alpha value is -1.06. The number of carbonyl (C=O) groups is 1.